The summed E-state index contributed by atoms with van der Waals surface area (Å²) < 4.78 is 2.78. The maximum Gasteiger partial charge on any atom is 0.285 e. The molecule has 2 aromatic heterocycles. The van der Waals surface area contributed by atoms with Gasteiger partial charge in [0.05, 0.1) is 28.5 Å². The number of nitrogens with one attached hydrogen (secondary N) is 1. The lowest BCUT2D eigenvalue weighted by Crippen LogP contribution is -2.32. The molecule has 0 aliphatic rings. The summed E-state index contributed by atoms with van der Waals surface area (Å²) in [6, 6.07) is 9.80. The van der Waals surface area contributed by atoms with E-state index in [1.54, 1.807) is 18.5 Å². The van der Waals surface area contributed by atoms with Gasteiger partial charge in [0.1, 0.15) is 18.2 Å². The predicted octanol–water partition coefficient (Wildman–Crippen LogP) is 2.48. The largest absolute Gasteiger partial charge is 0.321 e. The third-order valence-electron chi connectivity index (χ3n) is 4.88. The smallest absolute Gasteiger partial charge is 0.285 e. The van der Waals surface area contributed by atoms with Gasteiger partial charge in [0.15, 0.2) is 0 Å². The maximum atomic E-state index is 12.6. The Kier molecular flexibility index (Phi) is 5.33. The minimum Gasteiger partial charge on any atom is -0.321 e. The molecular formula is C21H22N6O2. The molecule has 8 nitrogen and oxygen atoms in total. The zero-order chi connectivity index (χ0) is 21.3. The molecular weight excluding hydrogens is 368 g/mol. The number of benzene rings is 1. The molecule has 2 heterocycles. The van der Waals surface area contributed by atoms with Gasteiger partial charge in [-0.25, -0.2) is 9.36 Å². The van der Waals surface area contributed by atoms with Gasteiger partial charge in [-0.2, -0.15) is 15.5 Å². The Morgan fingerprint density at radius 2 is 1.72 bits per heavy atom. The van der Waals surface area contributed by atoms with Crippen LogP contribution in [0.15, 0.2) is 29.1 Å². The molecule has 3 aromatic rings. The quantitative estimate of drug-likeness (QED) is 0.737. The summed E-state index contributed by atoms with van der Waals surface area (Å²) in [6.07, 6.45) is 0. The average molecular weight is 390 g/mol. The van der Waals surface area contributed by atoms with E-state index in [1.807, 2.05) is 51.1 Å². The highest BCUT2D eigenvalue weighted by molar-refractivity contribution is 5.91. The highest BCUT2D eigenvalue weighted by Crippen LogP contribution is 2.23. The molecule has 1 aromatic carbocycles. The summed E-state index contributed by atoms with van der Waals surface area (Å²) >= 11 is 0. The van der Waals surface area contributed by atoms with E-state index in [0.29, 0.717) is 22.6 Å². The van der Waals surface area contributed by atoms with E-state index in [9.17, 15) is 14.9 Å². The minimum absolute atomic E-state index is 0.00449. The first kappa shape index (κ1) is 20.0. The van der Waals surface area contributed by atoms with E-state index in [0.717, 1.165) is 21.6 Å². The van der Waals surface area contributed by atoms with Crippen molar-refractivity contribution in [1.29, 1.82) is 5.26 Å². The molecule has 0 unspecified atom stereocenters. The second-order valence-electron chi connectivity index (χ2n) is 7.00. The van der Waals surface area contributed by atoms with Crippen LogP contribution >= 0.6 is 0 Å². The molecule has 0 saturated heterocycles. The number of carbonyl (C=O) groups is 1. The number of carbonyl (C=O) groups excluding carboxylic acids is 1. The Morgan fingerprint density at radius 1 is 1.07 bits per heavy atom. The van der Waals surface area contributed by atoms with Crippen LogP contribution in [-0.2, 0) is 11.3 Å². The molecule has 0 spiro atoms. The van der Waals surface area contributed by atoms with E-state index in [4.69, 9.17) is 0 Å². The summed E-state index contributed by atoms with van der Waals surface area (Å²) in [4.78, 5) is 25.0. The van der Waals surface area contributed by atoms with E-state index in [2.05, 4.69) is 15.5 Å². The van der Waals surface area contributed by atoms with Gasteiger partial charge in [-0.05, 0) is 52.3 Å². The van der Waals surface area contributed by atoms with E-state index in [1.165, 1.54) is 0 Å². The average Bonchev–Trinajstić information content (AvgIpc) is 2.95. The van der Waals surface area contributed by atoms with Gasteiger partial charge in [0, 0.05) is 0 Å². The molecule has 3 rings (SSSR count). The fourth-order valence-electron chi connectivity index (χ4n) is 3.09. The van der Waals surface area contributed by atoms with Crippen LogP contribution in [0, 0.1) is 45.9 Å². The van der Waals surface area contributed by atoms with Gasteiger partial charge in [0.2, 0.25) is 5.91 Å². The van der Waals surface area contributed by atoms with Crippen molar-refractivity contribution in [2.75, 3.05) is 5.32 Å². The number of aromatic nitrogens is 4. The van der Waals surface area contributed by atoms with Crippen molar-refractivity contribution in [1.82, 2.24) is 19.6 Å². The number of aryl methyl sites for hydroxylation is 3. The predicted molar refractivity (Wildman–Crippen MR) is 109 cm³/mol. The zero-order valence-electron chi connectivity index (χ0n) is 17.1. The maximum absolute atomic E-state index is 12.6. The summed E-state index contributed by atoms with van der Waals surface area (Å²) in [6.45, 7) is 8.76. The number of nitrogens with zero attached hydrogens (tertiary/aromatic N) is 5. The summed E-state index contributed by atoms with van der Waals surface area (Å²) in [5.74, 6) is -0.415. The van der Waals surface area contributed by atoms with Crippen molar-refractivity contribution in [3.63, 3.8) is 0 Å². The van der Waals surface area contributed by atoms with Crippen LogP contribution in [0.25, 0.3) is 5.69 Å². The number of amides is 1. The Morgan fingerprint density at radius 3 is 2.34 bits per heavy atom. The van der Waals surface area contributed by atoms with Gasteiger partial charge in [0.25, 0.3) is 5.56 Å². The fraction of sp³-hybridized carbons (Fsp3) is 0.286. The zero-order valence-corrected chi connectivity index (χ0v) is 17.1. The highest BCUT2D eigenvalue weighted by Gasteiger charge is 2.18. The SMILES string of the molecule is Cc1ccc(-n2nc(C)c(NC(=O)Cn3nc(C)c(C)c(C#N)c3=O)c2C)cc1. The fourth-order valence-corrected chi connectivity index (χ4v) is 3.09. The molecule has 8 heteroatoms. The highest BCUT2D eigenvalue weighted by atomic mass is 16.2. The number of anilines is 1. The molecule has 0 aliphatic carbocycles. The molecule has 0 radical (unpaired) electrons. The minimum atomic E-state index is -0.574. The van der Waals surface area contributed by atoms with Crippen molar-refractivity contribution >= 4 is 11.6 Å². The monoisotopic (exact) mass is 390 g/mol. The molecule has 0 aliphatic heterocycles. The third-order valence-corrected chi connectivity index (χ3v) is 4.88. The standard InChI is InChI=1S/C21H22N6O2/c1-12-6-8-17(9-7-12)27-16(5)20(15(4)25-27)23-19(28)11-26-21(29)18(10-22)13(2)14(3)24-26/h6-9H,11H2,1-5H3,(H,23,28). The molecule has 148 valence electrons. The van der Waals surface area contributed by atoms with E-state index < -0.39 is 11.5 Å². The first-order valence-corrected chi connectivity index (χ1v) is 9.14. The number of hydrogen-bond acceptors (Lipinski definition) is 5. The van der Waals surface area contributed by atoms with Crippen molar-refractivity contribution < 1.29 is 4.79 Å². The van der Waals surface area contributed by atoms with Crippen LogP contribution in [0.3, 0.4) is 0 Å². The second kappa shape index (κ2) is 7.72. The second-order valence-corrected chi connectivity index (χ2v) is 7.00. The molecule has 29 heavy (non-hydrogen) atoms. The van der Waals surface area contributed by atoms with Gasteiger partial charge in [-0.3, -0.25) is 9.59 Å². The Balaban J connectivity index is 1.88. The summed E-state index contributed by atoms with van der Waals surface area (Å²) in [5, 5.41) is 20.7. The van der Waals surface area contributed by atoms with Gasteiger partial charge in [-0.1, -0.05) is 17.7 Å². The van der Waals surface area contributed by atoms with Crippen molar-refractivity contribution in [2.24, 2.45) is 0 Å². The lowest BCUT2D eigenvalue weighted by molar-refractivity contribution is -0.117. The molecule has 0 bridgehead atoms. The van der Waals surface area contributed by atoms with E-state index in [-0.39, 0.29) is 12.1 Å². The number of rotatable bonds is 4. The van der Waals surface area contributed by atoms with Crippen LogP contribution in [0.4, 0.5) is 5.69 Å². The van der Waals surface area contributed by atoms with Gasteiger partial charge in [-0.15, -0.1) is 0 Å². The molecule has 1 N–H and O–H groups in total. The number of hydrogen-bond donors (Lipinski definition) is 1. The summed E-state index contributed by atoms with van der Waals surface area (Å²) in [5.41, 5.74) is 4.56. The molecule has 0 saturated carbocycles. The van der Waals surface area contributed by atoms with Crippen LogP contribution in [0.2, 0.25) is 0 Å². The van der Waals surface area contributed by atoms with Crippen molar-refractivity contribution in [3.8, 4) is 11.8 Å². The van der Waals surface area contributed by atoms with Crippen LogP contribution in [0.1, 0.15) is 33.8 Å². The first-order chi connectivity index (χ1) is 13.7. The van der Waals surface area contributed by atoms with Crippen molar-refractivity contribution in [2.45, 2.75) is 41.2 Å². The van der Waals surface area contributed by atoms with Crippen LogP contribution in [0.5, 0.6) is 0 Å². The lowest BCUT2D eigenvalue weighted by atomic mass is 10.1. The first-order valence-electron chi connectivity index (χ1n) is 9.14. The number of nitriles is 1. The van der Waals surface area contributed by atoms with Gasteiger partial charge < -0.3 is 5.32 Å². The van der Waals surface area contributed by atoms with E-state index >= 15 is 0 Å². The Labute approximate surface area is 168 Å². The van der Waals surface area contributed by atoms with Crippen LogP contribution < -0.4 is 10.9 Å². The Bertz CT molecular complexity index is 1200. The van der Waals surface area contributed by atoms with Crippen LogP contribution in [-0.4, -0.2) is 25.5 Å². The Hall–Kier alpha value is -3.73. The summed E-state index contributed by atoms with van der Waals surface area (Å²) in [7, 11) is 0. The molecule has 0 atom stereocenters. The lowest BCUT2D eigenvalue weighted by Gasteiger charge is -2.10. The third kappa shape index (κ3) is 3.80. The molecule has 1 amide bonds. The normalized spacial score (nSPS) is 10.6. The van der Waals surface area contributed by atoms with Gasteiger partial charge >= 0.3 is 0 Å². The van der Waals surface area contributed by atoms with Crippen molar-refractivity contribution in [3.05, 3.63) is 68.4 Å². The topological polar surface area (TPSA) is 106 Å². The molecule has 0 fully saturated rings.